The maximum atomic E-state index is 14.5. The van der Waals surface area contributed by atoms with Gasteiger partial charge in [-0.3, -0.25) is 4.79 Å². The molecule has 0 aliphatic carbocycles. The topological polar surface area (TPSA) is 85.0 Å². The van der Waals surface area contributed by atoms with Crippen molar-refractivity contribution in [3.05, 3.63) is 70.8 Å². The van der Waals surface area contributed by atoms with E-state index in [0.717, 1.165) is 0 Å². The van der Waals surface area contributed by atoms with Crippen molar-refractivity contribution < 1.29 is 13.6 Å². The van der Waals surface area contributed by atoms with Crippen LogP contribution in [0.15, 0.2) is 36.5 Å². The fraction of sp³-hybridized carbons (Fsp3) is 0.304. The monoisotopic (exact) mass is 423 g/mol. The molecule has 0 saturated carbocycles. The summed E-state index contributed by atoms with van der Waals surface area (Å²) in [7, 11) is 0. The third kappa shape index (κ3) is 3.85. The zero-order chi connectivity index (χ0) is 22.3. The molecule has 0 saturated heterocycles. The van der Waals surface area contributed by atoms with E-state index in [1.54, 1.807) is 30.0 Å². The summed E-state index contributed by atoms with van der Waals surface area (Å²) in [6.07, 6.45) is 1.70. The lowest BCUT2D eigenvalue weighted by Crippen LogP contribution is -2.43. The summed E-state index contributed by atoms with van der Waals surface area (Å²) in [6, 6.07) is 6.88. The molecule has 6 nitrogen and oxygen atoms in total. The van der Waals surface area contributed by atoms with Gasteiger partial charge in [0.05, 0.1) is 23.0 Å². The van der Waals surface area contributed by atoms with Crippen molar-refractivity contribution in [1.29, 1.82) is 0 Å². The molecule has 1 aliphatic rings. The Kier molecular flexibility index (Phi) is 5.39. The number of nitrogen functional groups attached to an aromatic ring is 1. The molecule has 160 valence electrons. The van der Waals surface area contributed by atoms with Crippen LogP contribution in [0.1, 0.15) is 47.2 Å². The number of nitrogens with zero attached hydrogens (tertiary/aromatic N) is 4. The minimum atomic E-state index is -0.699. The summed E-state index contributed by atoms with van der Waals surface area (Å²) < 4.78 is 28.7. The van der Waals surface area contributed by atoms with E-state index >= 15 is 0 Å². The largest absolute Gasteiger partial charge is 0.368 e. The maximum Gasteiger partial charge on any atom is 0.258 e. The molecule has 0 bridgehead atoms. The van der Waals surface area contributed by atoms with Crippen molar-refractivity contribution in [1.82, 2.24) is 19.9 Å². The number of pyridine rings is 1. The van der Waals surface area contributed by atoms with Gasteiger partial charge in [0.15, 0.2) is 0 Å². The lowest BCUT2D eigenvalue weighted by Gasteiger charge is -2.38. The number of halogens is 2. The van der Waals surface area contributed by atoms with Crippen LogP contribution in [0, 0.1) is 24.6 Å². The molecule has 1 amide bonds. The molecule has 31 heavy (non-hydrogen) atoms. The number of rotatable bonds is 4. The van der Waals surface area contributed by atoms with Gasteiger partial charge in [0.25, 0.3) is 5.91 Å². The molecule has 1 atom stereocenters. The first-order valence-corrected chi connectivity index (χ1v) is 10.1. The number of carbonyl (C=O) groups is 1. The predicted octanol–water partition coefficient (Wildman–Crippen LogP) is 4.10. The Morgan fingerprint density at radius 2 is 1.97 bits per heavy atom. The van der Waals surface area contributed by atoms with Gasteiger partial charge in [-0.15, -0.1) is 0 Å². The van der Waals surface area contributed by atoms with Gasteiger partial charge < -0.3 is 10.6 Å². The van der Waals surface area contributed by atoms with Crippen molar-refractivity contribution in [2.45, 2.75) is 33.2 Å². The Morgan fingerprint density at radius 3 is 2.68 bits per heavy atom. The maximum absolute atomic E-state index is 14.5. The number of amides is 1. The summed E-state index contributed by atoms with van der Waals surface area (Å²) in [5, 5.41) is 0. The van der Waals surface area contributed by atoms with Crippen molar-refractivity contribution in [2.75, 3.05) is 12.3 Å². The number of aromatic nitrogens is 3. The second-order valence-corrected chi connectivity index (χ2v) is 8.13. The van der Waals surface area contributed by atoms with Crippen molar-refractivity contribution >= 4 is 11.9 Å². The number of benzene rings is 1. The molecule has 2 aromatic heterocycles. The summed E-state index contributed by atoms with van der Waals surface area (Å²) in [5.74, 6) is -1.13. The fourth-order valence-electron chi connectivity index (χ4n) is 4.18. The Morgan fingerprint density at radius 1 is 1.19 bits per heavy atom. The average Bonchev–Trinajstić information content (AvgIpc) is 2.69. The molecular weight excluding hydrogens is 400 g/mol. The van der Waals surface area contributed by atoms with Crippen LogP contribution >= 0.6 is 0 Å². The summed E-state index contributed by atoms with van der Waals surface area (Å²) in [6.45, 7) is 6.23. The SMILES string of the molecule is Cc1nc(N)nc2c1C(=O)N(CC(C)C)C(c1ccc(F)cc1-c1cccnc1F)C2. The van der Waals surface area contributed by atoms with Gasteiger partial charge in [0, 0.05) is 24.7 Å². The van der Waals surface area contributed by atoms with E-state index in [0.29, 0.717) is 41.0 Å². The van der Waals surface area contributed by atoms with Crippen molar-refractivity contribution in [2.24, 2.45) is 5.92 Å². The molecular formula is C23H23F2N5O. The number of carbonyl (C=O) groups excluding carboxylic acids is 1. The van der Waals surface area contributed by atoms with E-state index in [9.17, 15) is 13.6 Å². The highest BCUT2D eigenvalue weighted by atomic mass is 19.1. The molecule has 4 rings (SSSR count). The van der Waals surface area contributed by atoms with E-state index in [2.05, 4.69) is 15.0 Å². The minimum Gasteiger partial charge on any atom is -0.368 e. The van der Waals surface area contributed by atoms with Gasteiger partial charge in [-0.25, -0.2) is 19.3 Å². The molecule has 3 heterocycles. The first-order valence-electron chi connectivity index (χ1n) is 10.1. The molecule has 0 spiro atoms. The average molecular weight is 423 g/mol. The summed E-state index contributed by atoms with van der Waals surface area (Å²) >= 11 is 0. The first kappa shape index (κ1) is 20.8. The highest BCUT2D eigenvalue weighted by molar-refractivity contribution is 5.98. The molecule has 1 aromatic carbocycles. The second kappa shape index (κ2) is 8.02. The Hall–Kier alpha value is -3.42. The number of fused-ring (bicyclic) bond motifs is 1. The lowest BCUT2D eigenvalue weighted by atomic mass is 9.87. The lowest BCUT2D eigenvalue weighted by molar-refractivity contribution is 0.0615. The standard InChI is InChI=1S/C23H23F2N5O/c1-12(2)11-30-19(10-18-20(22(30)31)13(3)28-23(26)29-18)15-7-6-14(24)9-17(15)16-5-4-8-27-21(16)25/h4-9,12,19H,10-11H2,1-3H3,(H2,26,28,29). The second-order valence-electron chi connectivity index (χ2n) is 8.13. The van der Waals surface area contributed by atoms with Crippen molar-refractivity contribution in [3.63, 3.8) is 0 Å². The summed E-state index contributed by atoms with van der Waals surface area (Å²) in [5.41, 5.74) is 8.52. The van der Waals surface area contributed by atoms with Gasteiger partial charge >= 0.3 is 0 Å². The van der Waals surface area contributed by atoms with Crippen LogP contribution < -0.4 is 5.73 Å². The number of aryl methyl sites for hydroxylation is 1. The minimum absolute atomic E-state index is 0.0951. The predicted molar refractivity (Wildman–Crippen MR) is 113 cm³/mol. The van der Waals surface area contributed by atoms with Crippen LogP contribution in [0.25, 0.3) is 11.1 Å². The van der Waals surface area contributed by atoms with E-state index in [4.69, 9.17) is 5.73 Å². The van der Waals surface area contributed by atoms with E-state index in [-0.39, 0.29) is 23.3 Å². The molecule has 1 unspecified atom stereocenters. The third-order valence-electron chi connectivity index (χ3n) is 5.41. The number of hydrogen-bond donors (Lipinski definition) is 1. The number of nitrogens with two attached hydrogens (primary N) is 1. The Bertz CT molecular complexity index is 1160. The smallest absolute Gasteiger partial charge is 0.258 e. The highest BCUT2D eigenvalue weighted by Gasteiger charge is 2.37. The van der Waals surface area contributed by atoms with Gasteiger partial charge in [-0.05, 0) is 48.2 Å². The molecule has 8 heteroatoms. The van der Waals surface area contributed by atoms with Gasteiger partial charge in [0.2, 0.25) is 11.9 Å². The highest BCUT2D eigenvalue weighted by Crippen LogP contribution is 2.39. The fourth-order valence-corrected chi connectivity index (χ4v) is 4.18. The van der Waals surface area contributed by atoms with Crippen LogP contribution in [-0.4, -0.2) is 32.3 Å². The third-order valence-corrected chi connectivity index (χ3v) is 5.41. The van der Waals surface area contributed by atoms with Crippen LogP contribution in [-0.2, 0) is 6.42 Å². The number of anilines is 1. The molecule has 3 aromatic rings. The van der Waals surface area contributed by atoms with Crippen LogP contribution in [0.3, 0.4) is 0 Å². The van der Waals surface area contributed by atoms with Gasteiger partial charge in [-0.2, -0.15) is 4.39 Å². The first-order chi connectivity index (χ1) is 14.8. The van der Waals surface area contributed by atoms with Gasteiger partial charge in [0.1, 0.15) is 5.82 Å². The van der Waals surface area contributed by atoms with E-state index in [1.807, 2.05) is 13.8 Å². The van der Waals surface area contributed by atoms with Crippen molar-refractivity contribution in [3.8, 4) is 11.1 Å². The zero-order valence-electron chi connectivity index (χ0n) is 17.6. The number of hydrogen-bond acceptors (Lipinski definition) is 5. The van der Waals surface area contributed by atoms with Gasteiger partial charge in [-0.1, -0.05) is 19.9 Å². The van der Waals surface area contributed by atoms with E-state index < -0.39 is 17.8 Å². The Labute approximate surface area is 179 Å². The molecule has 0 radical (unpaired) electrons. The van der Waals surface area contributed by atoms with Crippen LogP contribution in [0.5, 0.6) is 0 Å². The normalized spacial score (nSPS) is 16.0. The Balaban J connectivity index is 1.92. The molecule has 2 N–H and O–H groups in total. The molecule has 0 fully saturated rings. The van der Waals surface area contributed by atoms with E-state index in [1.165, 1.54) is 18.3 Å². The summed E-state index contributed by atoms with van der Waals surface area (Å²) in [4.78, 5) is 27.4. The quantitative estimate of drug-likeness (QED) is 0.639. The van der Waals surface area contributed by atoms with Crippen LogP contribution in [0.4, 0.5) is 14.7 Å². The zero-order valence-corrected chi connectivity index (χ0v) is 17.6. The molecule has 1 aliphatic heterocycles. The van der Waals surface area contributed by atoms with Crippen LogP contribution in [0.2, 0.25) is 0 Å².